The Morgan fingerprint density at radius 1 is 1.33 bits per heavy atom. The minimum absolute atomic E-state index is 0.0405. The number of nitrogens with one attached hydrogen (secondary N) is 1. The third-order valence-electron chi connectivity index (χ3n) is 4.25. The molecule has 0 aromatic heterocycles. The van der Waals surface area contributed by atoms with Gasteiger partial charge in [0.25, 0.3) is 0 Å². The lowest BCUT2D eigenvalue weighted by molar-refractivity contribution is -0.384. The quantitative estimate of drug-likeness (QED) is 0.624. The summed E-state index contributed by atoms with van der Waals surface area (Å²) in [7, 11) is 0. The van der Waals surface area contributed by atoms with Crippen LogP contribution >= 0.6 is 0 Å². The summed E-state index contributed by atoms with van der Waals surface area (Å²) in [4.78, 5) is 11.0. The number of para-hydroxylation sites is 1. The topological polar surface area (TPSA) is 64.4 Å². The van der Waals surface area contributed by atoms with E-state index in [2.05, 4.69) is 12.2 Å². The second kappa shape index (κ2) is 6.78. The molecule has 1 aliphatic carbocycles. The first kappa shape index (κ1) is 15.6. The molecule has 116 valence electrons. The molecule has 0 atom stereocenters. The molecular weight excluding hydrogens is 268 g/mol. The molecule has 1 N–H and O–H groups in total. The van der Waals surface area contributed by atoms with Crippen LogP contribution in [0, 0.1) is 15.5 Å². The van der Waals surface area contributed by atoms with Crippen molar-refractivity contribution in [3.05, 3.63) is 28.3 Å². The van der Waals surface area contributed by atoms with Gasteiger partial charge in [0.15, 0.2) is 5.75 Å². The van der Waals surface area contributed by atoms with E-state index >= 15 is 0 Å². The van der Waals surface area contributed by atoms with E-state index in [4.69, 9.17) is 4.74 Å². The van der Waals surface area contributed by atoms with Gasteiger partial charge in [0, 0.05) is 6.54 Å². The van der Waals surface area contributed by atoms with Crippen molar-refractivity contribution in [1.82, 2.24) is 0 Å². The average molecular weight is 292 g/mol. The van der Waals surface area contributed by atoms with Gasteiger partial charge in [-0.05, 0) is 37.3 Å². The van der Waals surface area contributed by atoms with Crippen molar-refractivity contribution in [3.63, 3.8) is 0 Å². The number of ether oxygens (including phenoxy) is 1. The maximum Gasteiger partial charge on any atom is 0.333 e. The van der Waals surface area contributed by atoms with Crippen LogP contribution in [0.1, 0.15) is 46.0 Å². The van der Waals surface area contributed by atoms with E-state index in [9.17, 15) is 10.1 Å². The van der Waals surface area contributed by atoms with Crippen LogP contribution in [-0.4, -0.2) is 18.1 Å². The zero-order valence-electron chi connectivity index (χ0n) is 12.9. The standard InChI is InChI=1S/C16H24N2O3/c1-3-21-14-9-7-8-13(15(14)18(19)20)17-12-16(2)10-5-4-6-11-16/h7-9,17H,3-6,10-12H2,1-2H3. The summed E-state index contributed by atoms with van der Waals surface area (Å²) < 4.78 is 5.37. The van der Waals surface area contributed by atoms with Gasteiger partial charge in [-0.25, -0.2) is 0 Å². The van der Waals surface area contributed by atoms with Gasteiger partial charge in [0.1, 0.15) is 5.69 Å². The number of hydrogen-bond donors (Lipinski definition) is 1. The van der Waals surface area contributed by atoms with Gasteiger partial charge in [0.2, 0.25) is 0 Å². The molecule has 0 heterocycles. The summed E-state index contributed by atoms with van der Waals surface area (Å²) in [6.45, 7) is 5.27. The van der Waals surface area contributed by atoms with Crippen molar-refractivity contribution in [2.75, 3.05) is 18.5 Å². The molecule has 21 heavy (non-hydrogen) atoms. The molecule has 0 spiro atoms. The van der Waals surface area contributed by atoms with Crippen LogP contribution in [0.25, 0.3) is 0 Å². The van der Waals surface area contributed by atoms with Crippen molar-refractivity contribution in [2.24, 2.45) is 5.41 Å². The Bertz CT molecular complexity index is 496. The van der Waals surface area contributed by atoms with Crippen molar-refractivity contribution in [1.29, 1.82) is 0 Å². The molecular formula is C16H24N2O3. The maximum absolute atomic E-state index is 11.3. The molecule has 1 aromatic carbocycles. The number of rotatable bonds is 6. The van der Waals surface area contributed by atoms with E-state index in [1.54, 1.807) is 18.2 Å². The minimum atomic E-state index is -0.365. The Morgan fingerprint density at radius 3 is 2.67 bits per heavy atom. The van der Waals surface area contributed by atoms with E-state index in [1.165, 1.54) is 32.1 Å². The number of hydrogen-bond acceptors (Lipinski definition) is 4. The van der Waals surface area contributed by atoms with Crippen LogP contribution in [0.15, 0.2) is 18.2 Å². The molecule has 0 aliphatic heterocycles. The minimum Gasteiger partial charge on any atom is -0.487 e. The van der Waals surface area contributed by atoms with E-state index in [-0.39, 0.29) is 16.0 Å². The predicted molar refractivity (Wildman–Crippen MR) is 83.9 cm³/mol. The summed E-state index contributed by atoms with van der Waals surface area (Å²) in [6, 6.07) is 5.20. The number of nitrogens with zero attached hydrogens (tertiary/aromatic N) is 1. The fourth-order valence-corrected chi connectivity index (χ4v) is 3.02. The van der Waals surface area contributed by atoms with Crippen LogP contribution in [-0.2, 0) is 0 Å². The van der Waals surface area contributed by atoms with Gasteiger partial charge in [0.05, 0.1) is 11.5 Å². The summed E-state index contributed by atoms with van der Waals surface area (Å²) in [5.41, 5.74) is 0.824. The SMILES string of the molecule is CCOc1cccc(NCC2(C)CCCCC2)c1[N+](=O)[O-]. The van der Waals surface area contributed by atoms with Gasteiger partial charge in [-0.1, -0.05) is 32.3 Å². The molecule has 1 aliphatic rings. The smallest absolute Gasteiger partial charge is 0.333 e. The first-order chi connectivity index (χ1) is 10.1. The largest absolute Gasteiger partial charge is 0.487 e. The fourth-order valence-electron chi connectivity index (χ4n) is 3.02. The third kappa shape index (κ3) is 3.86. The molecule has 0 bridgehead atoms. The molecule has 0 unspecified atom stereocenters. The second-order valence-electron chi connectivity index (χ2n) is 6.07. The summed E-state index contributed by atoms with van der Waals surface area (Å²) in [6.07, 6.45) is 6.16. The summed E-state index contributed by atoms with van der Waals surface area (Å²) in [5.74, 6) is 0.335. The van der Waals surface area contributed by atoms with Gasteiger partial charge < -0.3 is 10.1 Å². The lowest BCUT2D eigenvalue weighted by Crippen LogP contribution is -2.29. The Kier molecular flexibility index (Phi) is 5.04. The first-order valence-electron chi connectivity index (χ1n) is 7.70. The molecule has 2 rings (SSSR count). The summed E-state index contributed by atoms with van der Waals surface area (Å²) >= 11 is 0. The zero-order valence-corrected chi connectivity index (χ0v) is 12.9. The lowest BCUT2D eigenvalue weighted by Gasteiger charge is -2.34. The van der Waals surface area contributed by atoms with Crippen LogP contribution in [0.3, 0.4) is 0 Å². The van der Waals surface area contributed by atoms with Crippen LogP contribution < -0.4 is 10.1 Å². The van der Waals surface area contributed by atoms with E-state index in [0.717, 1.165) is 6.54 Å². The maximum atomic E-state index is 11.3. The van der Waals surface area contributed by atoms with Gasteiger partial charge in [-0.2, -0.15) is 0 Å². The normalized spacial score (nSPS) is 17.2. The Labute approximate surface area is 125 Å². The van der Waals surface area contributed by atoms with E-state index in [1.807, 2.05) is 6.92 Å². The van der Waals surface area contributed by atoms with Crippen molar-refractivity contribution >= 4 is 11.4 Å². The third-order valence-corrected chi connectivity index (χ3v) is 4.25. The predicted octanol–water partition coefficient (Wildman–Crippen LogP) is 4.38. The summed E-state index contributed by atoms with van der Waals surface area (Å²) in [5, 5.41) is 14.6. The molecule has 1 aromatic rings. The molecule has 1 fully saturated rings. The Hall–Kier alpha value is -1.78. The van der Waals surface area contributed by atoms with Crippen molar-refractivity contribution < 1.29 is 9.66 Å². The average Bonchev–Trinajstić information content (AvgIpc) is 2.46. The van der Waals surface area contributed by atoms with Crippen LogP contribution in [0.2, 0.25) is 0 Å². The highest BCUT2D eigenvalue weighted by Gasteiger charge is 2.28. The lowest BCUT2D eigenvalue weighted by atomic mass is 9.76. The van der Waals surface area contributed by atoms with Crippen molar-refractivity contribution in [2.45, 2.75) is 46.0 Å². The molecule has 5 heteroatoms. The number of anilines is 1. The fraction of sp³-hybridized carbons (Fsp3) is 0.625. The second-order valence-corrected chi connectivity index (χ2v) is 6.07. The van der Waals surface area contributed by atoms with Gasteiger partial charge in [-0.3, -0.25) is 10.1 Å². The van der Waals surface area contributed by atoms with Crippen molar-refractivity contribution in [3.8, 4) is 5.75 Å². The zero-order chi connectivity index (χ0) is 15.3. The molecule has 0 saturated heterocycles. The first-order valence-corrected chi connectivity index (χ1v) is 7.70. The van der Waals surface area contributed by atoms with E-state index in [0.29, 0.717) is 18.0 Å². The Morgan fingerprint density at radius 2 is 2.05 bits per heavy atom. The van der Waals surface area contributed by atoms with Crippen LogP contribution in [0.4, 0.5) is 11.4 Å². The molecule has 5 nitrogen and oxygen atoms in total. The van der Waals surface area contributed by atoms with E-state index < -0.39 is 0 Å². The highest BCUT2D eigenvalue weighted by Crippen LogP contribution is 2.38. The van der Waals surface area contributed by atoms with Gasteiger partial charge >= 0.3 is 5.69 Å². The highest BCUT2D eigenvalue weighted by atomic mass is 16.6. The monoisotopic (exact) mass is 292 g/mol. The van der Waals surface area contributed by atoms with Crippen LogP contribution in [0.5, 0.6) is 5.75 Å². The molecule has 0 radical (unpaired) electrons. The molecule has 0 amide bonds. The van der Waals surface area contributed by atoms with Gasteiger partial charge in [-0.15, -0.1) is 0 Å². The number of nitro groups is 1. The molecule has 1 saturated carbocycles. The highest BCUT2D eigenvalue weighted by molar-refractivity contribution is 5.68. The Balaban J connectivity index is 2.15. The number of benzene rings is 1. The number of nitro benzene ring substituents is 1.